The summed E-state index contributed by atoms with van der Waals surface area (Å²) in [5, 5.41) is 7.54. The van der Waals surface area contributed by atoms with Crippen molar-refractivity contribution in [2.45, 2.75) is 26.2 Å². The lowest BCUT2D eigenvalue weighted by atomic mass is 10.1. The molecule has 0 saturated carbocycles. The van der Waals surface area contributed by atoms with Crippen LogP contribution in [-0.4, -0.2) is 42.7 Å². The normalized spacial score (nSPS) is 11.8. The summed E-state index contributed by atoms with van der Waals surface area (Å²) in [5.41, 5.74) is 3.59. The third-order valence-electron chi connectivity index (χ3n) is 5.34. The number of aromatic amines is 1. The highest BCUT2D eigenvalue weighted by atomic mass is 35.5. The molecule has 2 aromatic carbocycles. The van der Waals surface area contributed by atoms with Gasteiger partial charge in [0.25, 0.3) is 0 Å². The minimum absolute atomic E-state index is 0.0671. The van der Waals surface area contributed by atoms with E-state index in [1.54, 1.807) is 18.3 Å². The van der Waals surface area contributed by atoms with Gasteiger partial charge in [0, 0.05) is 40.9 Å². The third-order valence-corrected chi connectivity index (χ3v) is 5.75. The van der Waals surface area contributed by atoms with Crippen LogP contribution < -0.4 is 14.4 Å². The molecule has 0 saturated heterocycles. The van der Waals surface area contributed by atoms with Gasteiger partial charge < -0.3 is 19.2 Å². The van der Waals surface area contributed by atoms with Crippen LogP contribution in [0.15, 0.2) is 74.1 Å². The zero-order chi connectivity index (χ0) is 26.3. The Hall–Kier alpha value is -3.84. The summed E-state index contributed by atoms with van der Waals surface area (Å²) in [4.78, 5) is 22.8. The molecule has 1 aromatic heterocycles. The van der Waals surface area contributed by atoms with E-state index in [0.29, 0.717) is 37.6 Å². The van der Waals surface area contributed by atoms with E-state index in [1.165, 1.54) is 0 Å². The first-order chi connectivity index (χ1) is 17.6. The molecule has 0 bridgehead atoms. The van der Waals surface area contributed by atoms with Gasteiger partial charge in [0.2, 0.25) is 5.91 Å². The molecule has 1 amide bonds. The van der Waals surface area contributed by atoms with E-state index < -0.39 is 0 Å². The number of fused-ring (bicyclic) bond motifs is 1. The number of aromatic nitrogens is 2. The number of amides is 1. The fourth-order valence-electron chi connectivity index (χ4n) is 3.58. The van der Waals surface area contributed by atoms with E-state index in [-0.39, 0.29) is 5.91 Å². The lowest BCUT2D eigenvalue weighted by molar-refractivity contribution is -0.118. The van der Waals surface area contributed by atoms with Crippen molar-refractivity contribution in [2.75, 3.05) is 24.7 Å². The standard InChI is InChI=1S/C23H24ClN3O3.C4H6.CH2O/c1-16-19(24)7-3-9-21(16)29-12-4-10-22(28)27-11-5-13-30-23-18(6-2-8-20(23)27)17-14-25-26-15-17;1-3-4-2;1-2/h2-3,6-9,14-15H,4-5,10-13H2,1H3,(H,25,26);3-4H,1-2H2;1H2. The Kier molecular flexibility index (Phi) is 12.0. The molecule has 3 aromatic rings. The van der Waals surface area contributed by atoms with E-state index in [4.69, 9.17) is 25.9 Å². The Morgan fingerprint density at radius 1 is 1.22 bits per heavy atom. The number of hydrogen-bond acceptors (Lipinski definition) is 5. The molecule has 0 aliphatic carbocycles. The summed E-state index contributed by atoms with van der Waals surface area (Å²) in [5.74, 6) is 1.56. The van der Waals surface area contributed by atoms with Crippen LogP contribution in [0.25, 0.3) is 11.1 Å². The number of anilines is 1. The maximum atomic E-state index is 13.0. The molecule has 8 heteroatoms. The second kappa shape index (κ2) is 15.2. The summed E-state index contributed by atoms with van der Waals surface area (Å²) < 4.78 is 11.8. The number of ether oxygens (including phenoxy) is 2. The maximum Gasteiger partial charge on any atom is 0.227 e. The second-order valence-corrected chi connectivity index (χ2v) is 8.08. The van der Waals surface area contributed by atoms with Gasteiger partial charge in [-0.25, -0.2) is 0 Å². The molecule has 190 valence electrons. The first kappa shape index (κ1) is 28.4. The minimum atomic E-state index is 0.0671. The Balaban J connectivity index is 0.000000694. The lowest BCUT2D eigenvalue weighted by Gasteiger charge is -2.23. The van der Waals surface area contributed by atoms with Crippen LogP contribution in [0.3, 0.4) is 0 Å². The number of halogens is 1. The van der Waals surface area contributed by atoms with E-state index in [0.717, 1.165) is 40.3 Å². The minimum Gasteiger partial charge on any atom is -0.493 e. The number of benzene rings is 2. The highest BCUT2D eigenvalue weighted by Gasteiger charge is 2.24. The lowest BCUT2D eigenvalue weighted by Crippen LogP contribution is -2.31. The molecule has 0 spiro atoms. The van der Waals surface area contributed by atoms with E-state index in [9.17, 15) is 4.79 Å². The summed E-state index contributed by atoms with van der Waals surface area (Å²) in [6.45, 7) is 12.3. The second-order valence-electron chi connectivity index (χ2n) is 7.67. The number of H-pyrrole nitrogens is 1. The SMILES string of the molecule is C=CC=C.C=O.Cc1c(Cl)cccc1OCCCC(=O)N1CCCOc2c(-c3cn[nH]c3)cccc21. The molecule has 4 rings (SSSR count). The monoisotopic (exact) mass is 509 g/mol. The largest absolute Gasteiger partial charge is 0.493 e. The van der Waals surface area contributed by atoms with Gasteiger partial charge in [0.05, 0.1) is 25.1 Å². The molecule has 2 heterocycles. The molecule has 7 nitrogen and oxygen atoms in total. The van der Waals surface area contributed by atoms with Gasteiger partial charge in [-0.05, 0) is 38.0 Å². The number of para-hydroxylation sites is 1. The van der Waals surface area contributed by atoms with Crippen molar-refractivity contribution in [3.63, 3.8) is 0 Å². The predicted molar refractivity (Wildman–Crippen MR) is 145 cm³/mol. The van der Waals surface area contributed by atoms with Crippen LogP contribution in [0.1, 0.15) is 24.8 Å². The Bertz CT molecular complexity index is 1130. The highest BCUT2D eigenvalue weighted by molar-refractivity contribution is 6.31. The number of nitrogens with one attached hydrogen (secondary N) is 1. The van der Waals surface area contributed by atoms with Gasteiger partial charge in [0.1, 0.15) is 12.5 Å². The van der Waals surface area contributed by atoms with Crippen LogP contribution in [-0.2, 0) is 9.59 Å². The maximum absolute atomic E-state index is 13.0. The van der Waals surface area contributed by atoms with Crippen LogP contribution >= 0.6 is 11.6 Å². The number of allylic oxidation sites excluding steroid dienone is 2. The van der Waals surface area contributed by atoms with E-state index in [1.807, 2.05) is 61.2 Å². The van der Waals surface area contributed by atoms with Crippen molar-refractivity contribution < 1.29 is 19.1 Å². The zero-order valence-corrected chi connectivity index (χ0v) is 21.3. The van der Waals surface area contributed by atoms with Gasteiger partial charge in [-0.2, -0.15) is 5.10 Å². The van der Waals surface area contributed by atoms with Gasteiger partial charge in [-0.15, -0.1) is 0 Å². The van der Waals surface area contributed by atoms with Gasteiger partial charge >= 0.3 is 0 Å². The Labute approximate surface area is 217 Å². The van der Waals surface area contributed by atoms with Crippen LogP contribution in [0.5, 0.6) is 11.5 Å². The quantitative estimate of drug-likeness (QED) is 0.303. The molecule has 0 unspecified atom stereocenters. The molecule has 0 atom stereocenters. The summed E-state index contributed by atoms with van der Waals surface area (Å²) in [6.07, 6.45) is 8.66. The van der Waals surface area contributed by atoms with E-state index >= 15 is 0 Å². The number of hydrogen-bond donors (Lipinski definition) is 1. The van der Waals surface area contributed by atoms with Crippen LogP contribution in [0.2, 0.25) is 5.02 Å². The molecule has 1 aliphatic rings. The molecule has 0 radical (unpaired) electrons. The smallest absolute Gasteiger partial charge is 0.227 e. The molecule has 1 N–H and O–H groups in total. The Morgan fingerprint density at radius 2 is 1.97 bits per heavy atom. The van der Waals surface area contributed by atoms with Crippen LogP contribution in [0.4, 0.5) is 5.69 Å². The van der Waals surface area contributed by atoms with Crippen molar-refractivity contribution >= 4 is 30.0 Å². The van der Waals surface area contributed by atoms with Crippen molar-refractivity contribution in [3.8, 4) is 22.6 Å². The van der Waals surface area contributed by atoms with Gasteiger partial charge in [-0.1, -0.05) is 55.1 Å². The molecule has 1 aliphatic heterocycles. The van der Waals surface area contributed by atoms with Gasteiger partial charge in [-0.3, -0.25) is 9.89 Å². The predicted octanol–water partition coefficient (Wildman–Crippen LogP) is 6.19. The topological polar surface area (TPSA) is 84.5 Å². The number of carbonyl (C=O) groups excluding carboxylic acids is 2. The fraction of sp³-hybridized carbons (Fsp3) is 0.250. The van der Waals surface area contributed by atoms with Crippen molar-refractivity contribution in [2.24, 2.45) is 0 Å². The molecular formula is C28H32ClN3O4. The molecule has 36 heavy (non-hydrogen) atoms. The third kappa shape index (κ3) is 7.58. The zero-order valence-electron chi connectivity index (χ0n) is 20.5. The average Bonchev–Trinajstić information content (AvgIpc) is 3.36. The molecule has 0 fully saturated rings. The number of rotatable bonds is 7. The first-order valence-corrected chi connectivity index (χ1v) is 11.9. The summed E-state index contributed by atoms with van der Waals surface area (Å²) in [7, 11) is 0. The number of carbonyl (C=O) groups is 2. The van der Waals surface area contributed by atoms with Crippen LogP contribution in [0, 0.1) is 6.92 Å². The van der Waals surface area contributed by atoms with Crippen molar-refractivity contribution in [3.05, 3.63) is 84.7 Å². The Morgan fingerprint density at radius 3 is 2.67 bits per heavy atom. The molecular weight excluding hydrogens is 478 g/mol. The fourth-order valence-corrected chi connectivity index (χ4v) is 3.74. The summed E-state index contributed by atoms with van der Waals surface area (Å²) >= 11 is 6.13. The van der Waals surface area contributed by atoms with Crippen molar-refractivity contribution in [1.29, 1.82) is 0 Å². The first-order valence-electron chi connectivity index (χ1n) is 11.5. The van der Waals surface area contributed by atoms with Gasteiger partial charge in [0.15, 0.2) is 5.75 Å². The highest BCUT2D eigenvalue weighted by Crippen LogP contribution is 2.40. The summed E-state index contributed by atoms with van der Waals surface area (Å²) in [6, 6.07) is 11.5. The van der Waals surface area contributed by atoms with E-state index in [2.05, 4.69) is 23.4 Å². The van der Waals surface area contributed by atoms with Crippen molar-refractivity contribution in [1.82, 2.24) is 10.2 Å². The number of nitrogens with zero attached hydrogens (tertiary/aromatic N) is 2. The average molecular weight is 510 g/mol.